The highest BCUT2D eigenvalue weighted by molar-refractivity contribution is 7.80. The van der Waals surface area contributed by atoms with E-state index in [-0.39, 0.29) is 5.11 Å². The molecule has 9 heteroatoms. The Morgan fingerprint density at radius 1 is 1.18 bits per heavy atom. The number of nitrogens with two attached hydrogens (primary N) is 1. The molecule has 0 saturated carbocycles. The summed E-state index contributed by atoms with van der Waals surface area (Å²) in [6.07, 6.45) is -6.58. The largest absolute Gasteiger partial charge is 0.462 e. The molecule has 0 radical (unpaired) electrons. The third kappa shape index (κ3) is 3.83. The summed E-state index contributed by atoms with van der Waals surface area (Å²) in [4.78, 5) is 0. The average molecular weight is 330 g/mol. The van der Waals surface area contributed by atoms with Crippen LogP contribution >= 0.6 is 12.2 Å². The van der Waals surface area contributed by atoms with Gasteiger partial charge in [-0.1, -0.05) is 0 Å². The topological polar surface area (TPSA) is 137 Å². The maximum Gasteiger partial charge on any atom is 0.229 e. The van der Waals surface area contributed by atoms with Gasteiger partial charge in [-0.05, 0) is 36.5 Å². The lowest BCUT2D eigenvalue weighted by Gasteiger charge is -2.39. The first-order valence-corrected chi connectivity index (χ1v) is 6.97. The number of aliphatic hydroxyl groups is 4. The number of ether oxygens (including phenoxy) is 2. The van der Waals surface area contributed by atoms with Crippen LogP contribution in [-0.2, 0) is 4.74 Å². The minimum absolute atomic E-state index is 0.127. The maximum atomic E-state index is 9.87. The van der Waals surface area contributed by atoms with Gasteiger partial charge in [0.25, 0.3) is 0 Å². The first-order valence-electron chi connectivity index (χ1n) is 6.56. The van der Waals surface area contributed by atoms with Crippen molar-refractivity contribution in [3.8, 4) is 5.75 Å². The van der Waals surface area contributed by atoms with Gasteiger partial charge in [-0.2, -0.15) is 0 Å². The molecule has 1 aliphatic heterocycles. The van der Waals surface area contributed by atoms with Crippen LogP contribution < -0.4 is 15.8 Å². The highest BCUT2D eigenvalue weighted by Crippen LogP contribution is 2.25. The van der Waals surface area contributed by atoms with Crippen molar-refractivity contribution < 1.29 is 29.9 Å². The molecule has 0 spiro atoms. The second-order valence-corrected chi connectivity index (χ2v) is 5.27. The number of aliphatic hydroxyl groups excluding tert-OH is 4. The van der Waals surface area contributed by atoms with Crippen LogP contribution in [0, 0.1) is 0 Å². The second-order valence-electron chi connectivity index (χ2n) is 4.83. The molecule has 0 aromatic heterocycles. The van der Waals surface area contributed by atoms with E-state index < -0.39 is 37.3 Å². The van der Waals surface area contributed by atoms with Gasteiger partial charge in [-0.3, -0.25) is 0 Å². The lowest BCUT2D eigenvalue weighted by Crippen LogP contribution is -2.60. The number of anilines is 1. The summed E-state index contributed by atoms with van der Waals surface area (Å²) in [7, 11) is 0. The van der Waals surface area contributed by atoms with Crippen molar-refractivity contribution in [1.82, 2.24) is 0 Å². The molecule has 0 bridgehead atoms. The van der Waals surface area contributed by atoms with Gasteiger partial charge >= 0.3 is 0 Å². The van der Waals surface area contributed by atoms with Gasteiger partial charge in [0.15, 0.2) is 5.11 Å². The third-order valence-corrected chi connectivity index (χ3v) is 3.32. The number of thiocarbonyl (C=S) groups is 1. The second kappa shape index (κ2) is 7.18. The van der Waals surface area contributed by atoms with Crippen LogP contribution in [0.25, 0.3) is 0 Å². The molecule has 0 aliphatic carbocycles. The lowest BCUT2D eigenvalue weighted by atomic mass is 9.99. The molecule has 7 N–H and O–H groups in total. The maximum absolute atomic E-state index is 9.87. The smallest absolute Gasteiger partial charge is 0.229 e. The molecule has 0 amide bonds. The average Bonchev–Trinajstić information content (AvgIpc) is 2.49. The molecule has 1 aromatic carbocycles. The minimum Gasteiger partial charge on any atom is -0.462 e. The van der Waals surface area contributed by atoms with Gasteiger partial charge < -0.3 is 41.0 Å². The van der Waals surface area contributed by atoms with Gasteiger partial charge in [0.2, 0.25) is 6.29 Å². The zero-order valence-corrected chi connectivity index (χ0v) is 12.3. The molecule has 1 aromatic rings. The molecule has 122 valence electrons. The highest BCUT2D eigenvalue weighted by atomic mass is 32.1. The van der Waals surface area contributed by atoms with Crippen molar-refractivity contribution in [2.45, 2.75) is 30.7 Å². The van der Waals surface area contributed by atoms with E-state index in [0.717, 1.165) is 0 Å². The Kier molecular flexibility index (Phi) is 5.51. The summed E-state index contributed by atoms with van der Waals surface area (Å²) < 4.78 is 10.7. The molecular weight excluding hydrogens is 312 g/mol. The summed E-state index contributed by atoms with van der Waals surface area (Å²) in [6, 6.07) is 6.47. The fraction of sp³-hybridized carbons (Fsp3) is 0.462. The van der Waals surface area contributed by atoms with Crippen molar-refractivity contribution in [1.29, 1.82) is 0 Å². The predicted octanol–water partition coefficient (Wildman–Crippen LogP) is -1.48. The van der Waals surface area contributed by atoms with Crippen molar-refractivity contribution >= 4 is 23.0 Å². The Labute approximate surface area is 132 Å². The van der Waals surface area contributed by atoms with E-state index in [4.69, 9.17) is 32.5 Å². The molecule has 5 atom stereocenters. The van der Waals surface area contributed by atoms with Crippen LogP contribution in [-0.4, -0.2) is 62.9 Å². The van der Waals surface area contributed by atoms with Crippen LogP contribution in [0.5, 0.6) is 5.75 Å². The Balaban J connectivity index is 2.04. The van der Waals surface area contributed by atoms with Gasteiger partial charge in [-0.25, -0.2) is 0 Å². The van der Waals surface area contributed by atoms with Crippen LogP contribution in [0.4, 0.5) is 5.69 Å². The Morgan fingerprint density at radius 3 is 2.36 bits per heavy atom. The van der Waals surface area contributed by atoms with E-state index in [1.807, 2.05) is 0 Å². The van der Waals surface area contributed by atoms with Crippen LogP contribution in [0.2, 0.25) is 0 Å². The van der Waals surface area contributed by atoms with E-state index >= 15 is 0 Å². The van der Waals surface area contributed by atoms with Crippen LogP contribution in [0.3, 0.4) is 0 Å². The fourth-order valence-corrected chi connectivity index (χ4v) is 2.18. The first-order chi connectivity index (χ1) is 10.4. The molecule has 1 heterocycles. The van der Waals surface area contributed by atoms with E-state index in [9.17, 15) is 15.3 Å². The number of rotatable bonds is 4. The zero-order chi connectivity index (χ0) is 16.3. The summed E-state index contributed by atoms with van der Waals surface area (Å²) in [5.74, 6) is 0.359. The van der Waals surface area contributed by atoms with Gasteiger partial charge in [-0.15, -0.1) is 0 Å². The van der Waals surface area contributed by atoms with Crippen LogP contribution in [0.1, 0.15) is 0 Å². The van der Waals surface area contributed by atoms with Crippen molar-refractivity contribution in [3.63, 3.8) is 0 Å². The monoisotopic (exact) mass is 330 g/mol. The molecule has 0 unspecified atom stereocenters. The van der Waals surface area contributed by atoms with Crippen molar-refractivity contribution in [2.75, 3.05) is 11.9 Å². The fourth-order valence-electron chi connectivity index (χ4n) is 2.06. The number of nitrogens with one attached hydrogen (secondary N) is 1. The number of hydrogen-bond donors (Lipinski definition) is 6. The Hall–Kier alpha value is -1.49. The SMILES string of the molecule is NC(=S)Nc1ccc(O[C@H]2O[C@H](CO)[C@@H](O)[C@H](O)[C@H]2O)cc1. The molecule has 1 saturated heterocycles. The van der Waals surface area contributed by atoms with Crippen LogP contribution in [0.15, 0.2) is 24.3 Å². The normalized spacial score (nSPS) is 31.5. The zero-order valence-electron chi connectivity index (χ0n) is 11.5. The highest BCUT2D eigenvalue weighted by Gasteiger charge is 2.44. The third-order valence-electron chi connectivity index (χ3n) is 3.22. The molecule has 1 fully saturated rings. The van der Waals surface area contributed by atoms with Crippen molar-refractivity contribution in [3.05, 3.63) is 24.3 Å². The summed E-state index contributed by atoms with van der Waals surface area (Å²) in [5.41, 5.74) is 6.01. The number of hydrogen-bond acceptors (Lipinski definition) is 7. The lowest BCUT2D eigenvalue weighted by molar-refractivity contribution is -0.277. The number of benzene rings is 1. The van der Waals surface area contributed by atoms with E-state index in [2.05, 4.69) is 5.32 Å². The Morgan fingerprint density at radius 2 is 1.82 bits per heavy atom. The molecule has 22 heavy (non-hydrogen) atoms. The summed E-state index contributed by atoms with van der Waals surface area (Å²) in [5, 5.41) is 41.2. The van der Waals surface area contributed by atoms with Gasteiger partial charge in [0.05, 0.1) is 6.61 Å². The van der Waals surface area contributed by atoms with E-state index in [0.29, 0.717) is 11.4 Å². The minimum atomic E-state index is -1.48. The standard InChI is InChI=1S/C13H18N2O6S/c14-13(22)15-6-1-3-7(4-2-6)20-12-11(19)10(18)9(17)8(5-16)21-12/h1-4,8-12,16-19H,5H2,(H3,14,15,22)/t8-,9-,10+,11-,12+/m1/s1. The van der Waals surface area contributed by atoms with E-state index in [1.54, 1.807) is 24.3 Å². The first kappa shape index (κ1) is 16.9. The molecule has 1 aliphatic rings. The van der Waals surface area contributed by atoms with Gasteiger partial charge in [0, 0.05) is 5.69 Å². The van der Waals surface area contributed by atoms with E-state index in [1.165, 1.54) is 0 Å². The Bertz CT molecular complexity index is 512. The summed E-state index contributed by atoms with van der Waals surface area (Å²) in [6.45, 7) is -0.512. The molecule has 8 nitrogen and oxygen atoms in total. The predicted molar refractivity (Wildman–Crippen MR) is 81.2 cm³/mol. The molecular formula is C13H18N2O6S. The van der Waals surface area contributed by atoms with Crippen molar-refractivity contribution in [2.24, 2.45) is 5.73 Å². The molecule has 2 rings (SSSR count). The quantitative estimate of drug-likeness (QED) is 0.365. The summed E-state index contributed by atoms with van der Waals surface area (Å²) >= 11 is 4.71. The van der Waals surface area contributed by atoms with Gasteiger partial charge in [0.1, 0.15) is 30.2 Å².